The molecule has 10 heteroatoms. The topological polar surface area (TPSA) is 69.7 Å². The summed E-state index contributed by atoms with van der Waals surface area (Å²) >= 11 is 5.90. The molecule has 0 bridgehead atoms. The number of halogens is 4. The molecule has 0 saturated heterocycles. The van der Waals surface area contributed by atoms with E-state index >= 15 is 0 Å². The summed E-state index contributed by atoms with van der Waals surface area (Å²) in [6, 6.07) is 3.45. The van der Waals surface area contributed by atoms with E-state index in [9.17, 15) is 26.4 Å². The van der Waals surface area contributed by atoms with Crippen molar-refractivity contribution in [2.75, 3.05) is 6.61 Å². The van der Waals surface area contributed by atoms with Gasteiger partial charge in [-0.3, -0.25) is 4.79 Å². The first kappa shape index (κ1) is 21.3. The molecule has 0 radical (unpaired) electrons. The van der Waals surface area contributed by atoms with Gasteiger partial charge in [0.15, 0.2) is 0 Å². The van der Waals surface area contributed by atoms with Gasteiger partial charge in [0.2, 0.25) is 0 Å². The zero-order valence-corrected chi connectivity index (χ0v) is 15.7. The highest BCUT2D eigenvalue weighted by Gasteiger charge is 2.49. The average Bonchev–Trinajstić information content (AvgIpc) is 2.57. The van der Waals surface area contributed by atoms with Crippen LogP contribution in [0.4, 0.5) is 13.2 Å². The zero-order valence-electron chi connectivity index (χ0n) is 14.1. The van der Waals surface area contributed by atoms with Crippen LogP contribution in [0.5, 0.6) is 5.75 Å². The summed E-state index contributed by atoms with van der Waals surface area (Å²) in [5, 5.41) is 0.143. The van der Waals surface area contributed by atoms with Crippen LogP contribution in [0, 0.1) is 5.41 Å². The van der Waals surface area contributed by atoms with Crippen LogP contribution >= 0.6 is 11.6 Å². The van der Waals surface area contributed by atoms with E-state index in [-0.39, 0.29) is 23.6 Å². The summed E-state index contributed by atoms with van der Waals surface area (Å²) in [7, 11) is -5.87. The summed E-state index contributed by atoms with van der Waals surface area (Å²) in [5.74, 6) is -1.19. The average molecular weight is 425 g/mol. The van der Waals surface area contributed by atoms with Crippen LogP contribution in [0.3, 0.4) is 0 Å². The first-order valence-electron chi connectivity index (χ1n) is 7.82. The van der Waals surface area contributed by atoms with Gasteiger partial charge < -0.3 is 8.92 Å². The summed E-state index contributed by atoms with van der Waals surface area (Å²) in [6.45, 7) is 1.72. The molecule has 0 aromatic heterocycles. The summed E-state index contributed by atoms with van der Waals surface area (Å²) in [6.07, 6.45) is 6.91. The van der Waals surface area contributed by atoms with Crippen LogP contribution in [0.1, 0.15) is 18.9 Å². The molecule has 0 heterocycles. The van der Waals surface area contributed by atoms with Crippen molar-refractivity contribution in [3.8, 4) is 5.75 Å². The van der Waals surface area contributed by atoms with Crippen molar-refractivity contribution in [1.29, 1.82) is 0 Å². The first-order valence-corrected chi connectivity index (χ1v) is 9.61. The molecule has 148 valence electrons. The lowest BCUT2D eigenvalue weighted by Crippen LogP contribution is -2.33. The second-order valence-electron chi connectivity index (χ2n) is 5.71. The van der Waals surface area contributed by atoms with Crippen LogP contribution in [0.15, 0.2) is 42.5 Å². The molecule has 1 aliphatic rings. The van der Waals surface area contributed by atoms with Gasteiger partial charge in [-0.25, -0.2) is 0 Å². The Kier molecular flexibility index (Phi) is 6.26. The van der Waals surface area contributed by atoms with Crippen LogP contribution in [0.2, 0.25) is 5.02 Å². The lowest BCUT2D eigenvalue weighted by Gasteiger charge is -2.28. The van der Waals surface area contributed by atoms with Crippen molar-refractivity contribution < 1.29 is 35.3 Å². The maximum absolute atomic E-state index is 12.7. The molecule has 0 atom stereocenters. The third kappa shape index (κ3) is 4.84. The van der Waals surface area contributed by atoms with Gasteiger partial charge in [-0.05, 0) is 43.5 Å². The molecule has 0 spiro atoms. The molecule has 5 nitrogen and oxygen atoms in total. The molecule has 0 fully saturated rings. The van der Waals surface area contributed by atoms with Crippen molar-refractivity contribution in [3.63, 3.8) is 0 Å². The summed E-state index contributed by atoms with van der Waals surface area (Å²) < 4.78 is 70.0. The molecular formula is C17H16ClF3O5S. The van der Waals surface area contributed by atoms with E-state index in [1.165, 1.54) is 12.1 Å². The number of esters is 1. The van der Waals surface area contributed by atoms with Crippen molar-refractivity contribution in [1.82, 2.24) is 0 Å². The highest BCUT2D eigenvalue weighted by atomic mass is 35.5. The van der Waals surface area contributed by atoms with E-state index < -0.39 is 32.8 Å². The molecule has 1 aromatic carbocycles. The second-order valence-corrected chi connectivity index (χ2v) is 7.69. The third-order valence-electron chi connectivity index (χ3n) is 3.75. The Balaban J connectivity index is 2.47. The van der Waals surface area contributed by atoms with Crippen molar-refractivity contribution in [2.24, 2.45) is 5.41 Å². The molecule has 27 heavy (non-hydrogen) atoms. The zero-order chi connectivity index (χ0) is 20.3. The lowest BCUT2D eigenvalue weighted by atomic mass is 9.78. The minimum Gasteiger partial charge on any atom is -0.465 e. The van der Waals surface area contributed by atoms with Gasteiger partial charge in [-0.1, -0.05) is 35.9 Å². The van der Waals surface area contributed by atoms with E-state index in [1.807, 2.05) is 0 Å². The number of benzene rings is 1. The number of carbonyl (C=O) groups is 1. The van der Waals surface area contributed by atoms with Crippen LogP contribution in [0.25, 0.3) is 0 Å². The standard InChI is InChI=1S/C17H16ClF3O5S/c1-2-25-15(22)16(8-4-3-5-9-16)11-12-10-13(18)6-7-14(12)26-27(23,24)17(19,20)21/h4-10H,2-3,11H2,1H3. The first-order chi connectivity index (χ1) is 12.5. The third-order valence-corrected chi connectivity index (χ3v) is 4.95. The van der Waals surface area contributed by atoms with Gasteiger partial charge in [0, 0.05) is 5.02 Å². The summed E-state index contributed by atoms with van der Waals surface area (Å²) in [5.41, 5.74) is -6.88. The fourth-order valence-corrected chi connectivity index (χ4v) is 3.22. The molecule has 0 aliphatic heterocycles. The van der Waals surface area contributed by atoms with Crippen LogP contribution < -0.4 is 4.18 Å². The Labute approximate surface area is 159 Å². The predicted molar refractivity (Wildman–Crippen MR) is 92.7 cm³/mol. The van der Waals surface area contributed by atoms with E-state index in [4.69, 9.17) is 16.3 Å². The van der Waals surface area contributed by atoms with Crippen molar-refractivity contribution in [2.45, 2.75) is 25.3 Å². The Morgan fingerprint density at radius 2 is 1.89 bits per heavy atom. The largest absolute Gasteiger partial charge is 0.534 e. The number of alkyl halides is 3. The van der Waals surface area contributed by atoms with Crippen molar-refractivity contribution in [3.05, 3.63) is 53.1 Å². The highest BCUT2D eigenvalue weighted by Crippen LogP contribution is 2.37. The Hall–Kier alpha value is -2.00. The van der Waals surface area contributed by atoms with Gasteiger partial charge in [-0.15, -0.1) is 0 Å². The molecule has 0 amide bonds. The molecule has 2 rings (SSSR count). The van der Waals surface area contributed by atoms with E-state index in [1.54, 1.807) is 31.2 Å². The van der Waals surface area contributed by atoms with E-state index in [0.29, 0.717) is 6.42 Å². The Bertz CT molecular complexity index is 863. The van der Waals surface area contributed by atoms with Gasteiger partial charge in [0.25, 0.3) is 0 Å². The number of hydrogen-bond donors (Lipinski definition) is 0. The molecule has 0 saturated carbocycles. The van der Waals surface area contributed by atoms with E-state index in [2.05, 4.69) is 4.18 Å². The van der Waals surface area contributed by atoms with Gasteiger partial charge in [0.05, 0.1) is 6.61 Å². The quantitative estimate of drug-likeness (QED) is 0.296. The van der Waals surface area contributed by atoms with Gasteiger partial charge in [-0.2, -0.15) is 21.6 Å². The number of carbonyl (C=O) groups excluding carboxylic acids is 1. The maximum atomic E-state index is 12.7. The van der Waals surface area contributed by atoms with Gasteiger partial charge >= 0.3 is 21.6 Å². The summed E-state index contributed by atoms with van der Waals surface area (Å²) in [4.78, 5) is 12.5. The molecule has 0 unspecified atom stereocenters. The monoisotopic (exact) mass is 424 g/mol. The van der Waals surface area contributed by atoms with Gasteiger partial charge in [0.1, 0.15) is 11.2 Å². The molecule has 1 aromatic rings. The predicted octanol–water partition coefficient (Wildman–Crippen LogP) is 4.18. The lowest BCUT2D eigenvalue weighted by molar-refractivity contribution is -0.150. The van der Waals surface area contributed by atoms with Crippen molar-refractivity contribution >= 4 is 27.7 Å². The van der Waals surface area contributed by atoms with Crippen LogP contribution in [-0.2, 0) is 26.1 Å². The maximum Gasteiger partial charge on any atom is 0.534 e. The number of hydrogen-bond acceptors (Lipinski definition) is 5. The fourth-order valence-electron chi connectivity index (χ4n) is 2.53. The van der Waals surface area contributed by atoms with E-state index in [0.717, 1.165) is 6.07 Å². The Morgan fingerprint density at radius 3 is 2.44 bits per heavy atom. The smallest absolute Gasteiger partial charge is 0.465 e. The molecular weight excluding hydrogens is 409 g/mol. The number of ether oxygens (including phenoxy) is 1. The van der Waals surface area contributed by atoms with Crippen LogP contribution in [-0.4, -0.2) is 26.5 Å². The fraction of sp³-hybridized carbons (Fsp3) is 0.353. The SMILES string of the molecule is CCOC(=O)C1(Cc2cc(Cl)ccc2OS(=O)(=O)C(F)(F)F)C=CCC=C1. The molecule has 0 N–H and O–H groups in total. The number of rotatable bonds is 6. The Morgan fingerprint density at radius 1 is 1.26 bits per heavy atom. The molecule has 1 aliphatic carbocycles. The highest BCUT2D eigenvalue weighted by molar-refractivity contribution is 7.88. The normalized spacial score (nSPS) is 16.2. The minimum absolute atomic E-state index is 0.0135. The minimum atomic E-state index is -5.87. The number of allylic oxidation sites excluding steroid dienone is 2. The second kappa shape index (κ2) is 7.93.